The van der Waals surface area contributed by atoms with Gasteiger partial charge in [0.15, 0.2) is 11.6 Å². The summed E-state index contributed by atoms with van der Waals surface area (Å²) in [7, 11) is 0. The van der Waals surface area contributed by atoms with E-state index in [-0.39, 0.29) is 28.9 Å². The Balaban J connectivity index is 1.61. The number of nitrogens with zero attached hydrogens (tertiary/aromatic N) is 4. The Labute approximate surface area is 179 Å². The summed E-state index contributed by atoms with van der Waals surface area (Å²) >= 11 is 0. The highest BCUT2D eigenvalue weighted by Crippen LogP contribution is 2.39. The van der Waals surface area contributed by atoms with E-state index in [2.05, 4.69) is 15.3 Å². The van der Waals surface area contributed by atoms with Crippen molar-refractivity contribution in [2.45, 2.75) is 31.5 Å². The van der Waals surface area contributed by atoms with E-state index < -0.39 is 36.8 Å². The third-order valence-corrected chi connectivity index (χ3v) is 5.33. The Morgan fingerprint density at radius 2 is 2.00 bits per heavy atom. The van der Waals surface area contributed by atoms with E-state index in [9.17, 15) is 27.6 Å². The second-order valence-electron chi connectivity index (χ2n) is 7.50. The fourth-order valence-electron chi connectivity index (χ4n) is 3.81. The molecule has 0 saturated carbocycles. The number of carbonyl (C=O) groups is 3. The minimum absolute atomic E-state index is 0.0225. The number of aromatic carboxylic acids is 1. The van der Waals surface area contributed by atoms with Crippen molar-refractivity contribution in [3.63, 3.8) is 0 Å². The van der Waals surface area contributed by atoms with Gasteiger partial charge in [0.05, 0.1) is 23.7 Å². The van der Waals surface area contributed by atoms with E-state index in [0.29, 0.717) is 25.2 Å². The molecule has 1 fully saturated rings. The molecule has 32 heavy (non-hydrogen) atoms. The molecule has 0 aromatic carbocycles. The molecule has 0 unspecified atom stereocenters. The Kier molecular flexibility index (Phi) is 5.45. The first-order valence-electron chi connectivity index (χ1n) is 9.78. The number of rotatable bonds is 5. The van der Waals surface area contributed by atoms with Crippen molar-refractivity contribution in [1.82, 2.24) is 9.97 Å². The third-order valence-electron chi connectivity index (χ3n) is 5.33. The van der Waals surface area contributed by atoms with Crippen LogP contribution in [0.2, 0.25) is 0 Å². The number of ketones is 1. The summed E-state index contributed by atoms with van der Waals surface area (Å²) in [5.74, 6) is -1.76. The molecule has 2 amide bonds. The molecular weight excluding hydrogens is 431 g/mol. The van der Waals surface area contributed by atoms with Crippen LogP contribution in [0, 0.1) is 0 Å². The number of amides is 2. The lowest BCUT2D eigenvalue weighted by atomic mass is 10.1. The largest absolute Gasteiger partial charge is 0.478 e. The van der Waals surface area contributed by atoms with Gasteiger partial charge in [0.1, 0.15) is 11.5 Å². The number of alkyl halides is 3. The molecule has 0 spiro atoms. The summed E-state index contributed by atoms with van der Waals surface area (Å²) in [5, 5.41) is 11.7. The van der Waals surface area contributed by atoms with Gasteiger partial charge in [0.2, 0.25) is 0 Å². The fourth-order valence-corrected chi connectivity index (χ4v) is 3.81. The lowest BCUT2D eigenvalue weighted by molar-refractivity contribution is -0.133. The van der Waals surface area contributed by atoms with Crippen LogP contribution in [-0.4, -0.2) is 58.2 Å². The van der Waals surface area contributed by atoms with Crippen molar-refractivity contribution in [1.29, 1.82) is 0 Å². The van der Waals surface area contributed by atoms with Crippen molar-refractivity contribution >= 4 is 35.1 Å². The van der Waals surface area contributed by atoms with Crippen LogP contribution < -0.4 is 15.1 Å². The number of halogens is 3. The van der Waals surface area contributed by atoms with Gasteiger partial charge < -0.3 is 10.0 Å². The van der Waals surface area contributed by atoms with Crippen LogP contribution in [0.3, 0.4) is 0 Å². The molecule has 0 aliphatic carbocycles. The zero-order valence-electron chi connectivity index (χ0n) is 16.6. The lowest BCUT2D eigenvalue weighted by Crippen LogP contribution is -2.48. The van der Waals surface area contributed by atoms with Gasteiger partial charge in [0, 0.05) is 25.7 Å². The smallest absolute Gasteiger partial charge is 0.389 e. The standard InChI is InChI=1S/C20H18F3N5O4/c21-20(22,23)6-3-15(29)13-1-2-14-17(25-13)28(12-5-8-27(14)10-12)19(32)26-16-9-11(18(30)31)4-7-24-16/h1-2,4,7,9,12H,3,5-6,8,10H2,(H,30,31)(H,24,26,32)/t12-/m0/s1. The van der Waals surface area contributed by atoms with Crippen LogP contribution in [0.25, 0.3) is 0 Å². The van der Waals surface area contributed by atoms with E-state index in [0.717, 1.165) is 0 Å². The zero-order valence-corrected chi connectivity index (χ0v) is 16.6. The highest BCUT2D eigenvalue weighted by Gasteiger charge is 2.40. The van der Waals surface area contributed by atoms with Crippen LogP contribution in [0.15, 0.2) is 30.5 Å². The summed E-state index contributed by atoms with van der Waals surface area (Å²) < 4.78 is 37.5. The summed E-state index contributed by atoms with van der Waals surface area (Å²) in [5.41, 5.74) is 0.380. The maximum absolute atomic E-state index is 13.1. The Morgan fingerprint density at radius 1 is 1.22 bits per heavy atom. The highest BCUT2D eigenvalue weighted by molar-refractivity contribution is 6.05. The molecule has 2 aliphatic heterocycles. The van der Waals surface area contributed by atoms with Gasteiger partial charge >= 0.3 is 18.2 Å². The fraction of sp³-hybridized carbons (Fsp3) is 0.350. The SMILES string of the molecule is O=C(O)c1ccnc(NC(=O)N2c3nc(C(=O)CCC(F)(F)F)ccc3N3CC[C@H]2C3)c1. The zero-order chi connectivity index (χ0) is 23.0. The number of fused-ring (bicyclic) bond motifs is 4. The van der Waals surface area contributed by atoms with E-state index >= 15 is 0 Å². The van der Waals surface area contributed by atoms with Crippen molar-refractivity contribution in [3.05, 3.63) is 41.7 Å². The van der Waals surface area contributed by atoms with Crippen molar-refractivity contribution < 1.29 is 32.7 Å². The second kappa shape index (κ2) is 8.09. The number of aromatic nitrogens is 2. The molecule has 2 aliphatic rings. The topological polar surface area (TPSA) is 116 Å². The number of pyridine rings is 2. The predicted molar refractivity (Wildman–Crippen MR) is 107 cm³/mol. The molecule has 4 rings (SSSR count). The molecule has 0 radical (unpaired) electrons. The van der Waals surface area contributed by atoms with E-state index in [1.807, 2.05) is 4.90 Å². The lowest BCUT2D eigenvalue weighted by Gasteiger charge is -2.35. The normalized spacial score (nSPS) is 17.2. The van der Waals surface area contributed by atoms with Gasteiger partial charge in [-0.15, -0.1) is 0 Å². The Hall–Kier alpha value is -3.70. The first-order valence-corrected chi connectivity index (χ1v) is 9.78. The summed E-state index contributed by atoms with van der Waals surface area (Å²) in [6.45, 7) is 1.18. The van der Waals surface area contributed by atoms with Gasteiger partial charge in [0.25, 0.3) is 0 Å². The second-order valence-corrected chi connectivity index (χ2v) is 7.50. The number of hydrogen-bond acceptors (Lipinski definition) is 6. The number of anilines is 3. The molecule has 2 aromatic heterocycles. The average Bonchev–Trinajstić information content (AvgIpc) is 3.15. The number of carboxylic acids is 1. The first kappa shape index (κ1) is 21.5. The van der Waals surface area contributed by atoms with Crippen LogP contribution in [0.5, 0.6) is 0 Å². The molecule has 2 N–H and O–H groups in total. The van der Waals surface area contributed by atoms with Crippen molar-refractivity contribution in [2.75, 3.05) is 28.2 Å². The number of nitrogens with one attached hydrogen (secondary N) is 1. The summed E-state index contributed by atoms with van der Waals surface area (Å²) in [6.07, 6.45) is -4.58. The molecule has 4 heterocycles. The molecule has 12 heteroatoms. The number of carboxylic acid groups (broad SMARTS) is 1. The van der Waals surface area contributed by atoms with Crippen LogP contribution >= 0.6 is 0 Å². The first-order chi connectivity index (χ1) is 15.1. The molecule has 9 nitrogen and oxygen atoms in total. The number of urea groups is 1. The molecule has 2 bridgehead atoms. The number of carbonyl (C=O) groups excluding carboxylic acids is 2. The van der Waals surface area contributed by atoms with Gasteiger partial charge in [-0.2, -0.15) is 13.2 Å². The molecule has 1 atom stereocenters. The van der Waals surface area contributed by atoms with Crippen molar-refractivity contribution in [3.8, 4) is 0 Å². The van der Waals surface area contributed by atoms with Crippen LogP contribution in [-0.2, 0) is 0 Å². The van der Waals surface area contributed by atoms with Crippen LogP contribution in [0.4, 0.5) is 35.3 Å². The van der Waals surface area contributed by atoms with Gasteiger partial charge in [-0.25, -0.2) is 19.6 Å². The molecule has 1 saturated heterocycles. The third kappa shape index (κ3) is 4.34. The average molecular weight is 449 g/mol. The number of hydrogen-bond donors (Lipinski definition) is 2. The maximum Gasteiger partial charge on any atom is 0.389 e. The van der Waals surface area contributed by atoms with Gasteiger partial charge in [-0.3, -0.25) is 15.0 Å². The summed E-state index contributed by atoms with van der Waals surface area (Å²) in [6, 6.07) is 4.54. The Morgan fingerprint density at radius 3 is 2.72 bits per heavy atom. The van der Waals surface area contributed by atoms with Crippen molar-refractivity contribution in [2.24, 2.45) is 0 Å². The monoisotopic (exact) mass is 449 g/mol. The van der Waals surface area contributed by atoms with Gasteiger partial charge in [-0.05, 0) is 30.7 Å². The minimum Gasteiger partial charge on any atom is -0.478 e. The molecular formula is C20H18F3N5O4. The van der Waals surface area contributed by atoms with Crippen LogP contribution in [0.1, 0.15) is 40.1 Å². The van der Waals surface area contributed by atoms with E-state index in [1.165, 1.54) is 29.3 Å². The minimum atomic E-state index is -4.46. The highest BCUT2D eigenvalue weighted by atomic mass is 19.4. The van der Waals surface area contributed by atoms with Gasteiger partial charge in [-0.1, -0.05) is 0 Å². The predicted octanol–water partition coefficient (Wildman–Crippen LogP) is 3.33. The quantitative estimate of drug-likeness (QED) is 0.673. The summed E-state index contributed by atoms with van der Waals surface area (Å²) in [4.78, 5) is 48.0. The maximum atomic E-state index is 13.1. The van der Waals surface area contributed by atoms with E-state index in [4.69, 9.17) is 5.11 Å². The number of Topliss-reactive ketones (excluding diaryl/α,β-unsaturated/α-hetero) is 1. The molecule has 2 aromatic rings. The van der Waals surface area contributed by atoms with E-state index in [1.54, 1.807) is 6.07 Å². The molecule has 168 valence electrons. The Bertz CT molecular complexity index is 1090.